The van der Waals surface area contributed by atoms with E-state index < -0.39 is 5.97 Å². The Balaban J connectivity index is 2.97. The fraction of sp³-hybridized carbons (Fsp3) is 0.375. The molecule has 14 heavy (non-hydrogen) atoms. The van der Waals surface area contributed by atoms with Crippen LogP contribution in [0, 0.1) is 6.92 Å². The van der Waals surface area contributed by atoms with Gasteiger partial charge < -0.3 is 16.2 Å². The molecule has 0 amide bonds. The third kappa shape index (κ3) is 2.40. The number of carbonyl (C=O) groups is 1. The van der Waals surface area contributed by atoms with Gasteiger partial charge in [0.25, 0.3) is 0 Å². The zero-order valence-corrected chi connectivity index (χ0v) is 7.82. The first-order valence-electron chi connectivity index (χ1n) is 4.16. The van der Waals surface area contributed by atoms with Crippen molar-refractivity contribution in [1.82, 2.24) is 9.97 Å². The molecule has 0 aromatic carbocycles. The molecule has 0 aliphatic rings. The molecule has 0 saturated carbocycles. The SMILES string of the molecule is Cc1ncc(C(=O)O)c(NCCN)n1. The van der Waals surface area contributed by atoms with E-state index in [9.17, 15) is 4.79 Å². The minimum atomic E-state index is -1.05. The molecule has 0 spiro atoms. The van der Waals surface area contributed by atoms with E-state index in [4.69, 9.17) is 10.8 Å². The first-order chi connectivity index (χ1) is 6.65. The summed E-state index contributed by atoms with van der Waals surface area (Å²) in [5, 5.41) is 11.6. The molecule has 4 N–H and O–H groups in total. The number of nitrogens with one attached hydrogen (secondary N) is 1. The molecule has 6 nitrogen and oxygen atoms in total. The number of aromatic nitrogens is 2. The van der Waals surface area contributed by atoms with Crippen molar-refractivity contribution in [3.8, 4) is 0 Å². The molecule has 76 valence electrons. The molecule has 0 saturated heterocycles. The van der Waals surface area contributed by atoms with E-state index in [1.54, 1.807) is 6.92 Å². The number of carboxylic acid groups (broad SMARTS) is 1. The summed E-state index contributed by atoms with van der Waals surface area (Å²) in [5.41, 5.74) is 5.35. The lowest BCUT2D eigenvalue weighted by molar-refractivity contribution is 0.0697. The summed E-state index contributed by atoms with van der Waals surface area (Å²) < 4.78 is 0. The van der Waals surface area contributed by atoms with E-state index in [1.807, 2.05) is 0 Å². The lowest BCUT2D eigenvalue weighted by Crippen LogP contribution is -2.17. The molecule has 1 rings (SSSR count). The largest absolute Gasteiger partial charge is 0.477 e. The van der Waals surface area contributed by atoms with Crippen LogP contribution in [0.2, 0.25) is 0 Å². The van der Waals surface area contributed by atoms with E-state index in [0.29, 0.717) is 24.7 Å². The fourth-order valence-corrected chi connectivity index (χ4v) is 0.952. The van der Waals surface area contributed by atoms with Crippen LogP contribution in [-0.4, -0.2) is 34.1 Å². The number of rotatable bonds is 4. The molecule has 0 bridgehead atoms. The van der Waals surface area contributed by atoms with Crippen molar-refractivity contribution in [3.63, 3.8) is 0 Å². The van der Waals surface area contributed by atoms with E-state index in [-0.39, 0.29) is 5.56 Å². The lowest BCUT2D eigenvalue weighted by atomic mass is 10.3. The topological polar surface area (TPSA) is 101 Å². The second-order valence-corrected chi connectivity index (χ2v) is 2.70. The summed E-state index contributed by atoms with van der Waals surface area (Å²) in [5.74, 6) is -0.213. The van der Waals surface area contributed by atoms with Gasteiger partial charge in [0.2, 0.25) is 0 Å². The van der Waals surface area contributed by atoms with E-state index >= 15 is 0 Å². The van der Waals surface area contributed by atoms with Crippen LogP contribution in [0.15, 0.2) is 6.20 Å². The normalized spacial score (nSPS) is 9.86. The number of carboxylic acids is 1. The zero-order chi connectivity index (χ0) is 10.6. The summed E-state index contributed by atoms with van der Waals surface area (Å²) in [6, 6.07) is 0. The standard InChI is InChI=1S/C8H12N4O2/c1-5-11-4-6(8(13)14)7(12-5)10-3-2-9/h4H,2-3,9H2,1H3,(H,13,14)(H,10,11,12). The maximum Gasteiger partial charge on any atom is 0.341 e. The Morgan fingerprint density at radius 2 is 2.43 bits per heavy atom. The highest BCUT2D eigenvalue weighted by atomic mass is 16.4. The third-order valence-electron chi connectivity index (χ3n) is 1.58. The fourth-order valence-electron chi connectivity index (χ4n) is 0.952. The first-order valence-corrected chi connectivity index (χ1v) is 4.16. The monoisotopic (exact) mass is 196 g/mol. The number of nitrogens with two attached hydrogens (primary N) is 1. The smallest absolute Gasteiger partial charge is 0.341 e. The Labute approximate surface area is 81.2 Å². The average Bonchev–Trinajstić information content (AvgIpc) is 2.14. The van der Waals surface area contributed by atoms with E-state index in [1.165, 1.54) is 6.20 Å². The van der Waals surface area contributed by atoms with Crippen molar-refractivity contribution < 1.29 is 9.90 Å². The van der Waals surface area contributed by atoms with Gasteiger partial charge in [0.15, 0.2) is 0 Å². The van der Waals surface area contributed by atoms with Gasteiger partial charge in [-0.3, -0.25) is 0 Å². The molecule has 1 heterocycles. The van der Waals surface area contributed by atoms with Crippen LogP contribution < -0.4 is 11.1 Å². The van der Waals surface area contributed by atoms with Crippen LogP contribution in [0.1, 0.15) is 16.2 Å². The van der Waals surface area contributed by atoms with Gasteiger partial charge in [0, 0.05) is 19.3 Å². The molecular formula is C8H12N4O2. The minimum absolute atomic E-state index is 0.0593. The maximum atomic E-state index is 10.7. The van der Waals surface area contributed by atoms with Crippen LogP contribution in [0.4, 0.5) is 5.82 Å². The Kier molecular flexibility index (Phi) is 3.35. The summed E-state index contributed by atoms with van der Waals surface area (Å²) in [6.07, 6.45) is 1.28. The summed E-state index contributed by atoms with van der Waals surface area (Å²) in [6.45, 7) is 2.60. The molecular weight excluding hydrogens is 184 g/mol. The van der Waals surface area contributed by atoms with E-state index in [0.717, 1.165) is 0 Å². The van der Waals surface area contributed by atoms with Crippen LogP contribution >= 0.6 is 0 Å². The van der Waals surface area contributed by atoms with Gasteiger partial charge in [-0.25, -0.2) is 14.8 Å². The van der Waals surface area contributed by atoms with Crippen LogP contribution in [0.5, 0.6) is 0 Å². The molecule has 0 unspecified atom stereocenters. The predicted molar refractivity (Wildman–Crippen MR) is 51.3 cm³/mol. The second kappa shape index (κ2) is 4.52. The highest BCUT2D eigenvalue weighted by Crippen LogP contribution is 2.10. The molecule has 1 aromatic heterocycles. The van der Waals surface area contributed by atoms with Crippen LogP contribution in [-0.2, 0) is 0 Å². The first kappa shape index (κ1) is 10.4. The molecule has 0 atom stereocenters. The van der Waals surface area contributed by atoms with Crippen molar-refractivity contribution in [2.24, 2.45) is 5.73 Å². The van der Waals surface area contributed by atoms with Crippen LogP contribution in [0.3, 0.4) is 0 Å². The van der Waals surface area contributed by atoms with Crippen LogP contribution in [0.25, 0.3) is 0 Å². The molecule has 0 fully saturated rings. The number of aryl methyl sites for hydroxylation is 1. The van der Waals surface area contributed by atoms with Gasteiger partial charge in [-0.2, -0.15) is 0 Å². The van der Waals surface area contributed by atoms with Crippen molar-refractivity contribution in [3.05, 3.63) is 17.6 Å². The molecule has 1 aromatic rings. The van der Waals surface area contributed by atoms with Gasteiger partial charge in [-0.1, -0.05) is 0 Å². The second-order valence-electron chi connectivity index (χ2n) is 2.70. The quantitative estimate of drug-likeness (QED) is 0.619. The third-order valence-corrected chi connectivity index (χ3v) is 1.58. The summed E-state index contributed by atoms with van der Waals surface area (Å²) in [7, 11) is 0. The van der Waals surface area contributed by atoms with Gasteiger partial charge in [0.1, 0.15) is 17.2 Å². The molecule has 0 aliphatic carbocycles. The van der Waals surface area contributed by atoms with Crippen molar-refractivity contribution in [2.45, 2.75) is 6.92 Å². The molecule has 6 heteroatoms. The van der Waals surface area contributed by atoms with Gasteiger partial charge in [0.05, 0.1) is 0 Å². The number of aromatic carboxylic acids is 1. The summed E-state index contributed by atoms with van der Waals surface area (Å²) in [4.78, 5) is 18.5. The van der Waals surface area contributed by atoms with Crippen molar-refractivity contribution in [2.75, 3.05) is 18.4 Å². The average molecular weight is 196 g/mol. The lowest BCUT2D eigenvalue weighted by Gasteiger charge is -2.07. The highest BCUT2D eigenvalue weighted by Gasteiger charge is 2.11. The predicted octanol–water partition coefficient (Wildman–Crippen LogP) is -0.146. The van der Waals surface area contributed by atoms with Gasteiger partial charge >= 0.3 is 5.97 Å². The number of hydrogen-bond donors (Lipinski definition) is 3. The number of anilines is 1. The van der Waals surface area contributed by atoms with E-state index in [2.05, 4.69) is 15.3 Å². The van der Waals surface area contributed by atoms with Gasteiger partial charge in [-0.15, -0.1) is 0 Å². The number of nitrogens with zero attached hydrogens (tertiary/aromatic N) is 2. The number of hydrogen-bond acceptors (Lipinski definition) is 5. The van der Waals surface area contributed by atoms with Crippen molar-refractivity contribution >= 4 is 11.8 Å². The molecule has 0 aliphatic heterocycles. The van der Waals surface area contributed by atoms with Gasteiger partial charge in [-0.05, 0) is 6.92 Å². The Morgan fingerprint density at radius 1 is 1.71 bits per heavy atom. The minimum Gasteiger partial charge on any atom is -0.477 e. The Bertz CT molecular complexity index is 340. The summed E-state index contributed by atoms with van der Waals surface area (Å²) >= 11 is 0. The van der Waals surface area contributed by atoms with Crippen molar-refractivity contribution in [1.29, 1.82) is 0 Å². The zero-order valence-electron chi connectivity index (χ0n) is 7.82. The Morgan fingerprint density at radius 3 is 3.00 bits per heavy atom. The highest BCUT2D eigenvalue weighted by molar-refractivity contribution is 5.92. The molecule has 0 radical (unpaired) electrons. The maximum absolute atomic E-state index is 10.7. The Hall–Kier alpha value is -1.69.